The van der Waals surface area contributed by atoms with Crippen molar-refractivity contribution in [2.45, 2.75) is 6.80 Å². The van der Waals surface area contributed by atoms with Crippen LogP contribution in [0.1, 0.15) is 0 Å². The summed E-state index contributed by atoms with van der Waals surface area (Å²) in [5, 5.41) is 0. The van der Waals surface area contributed by atoms with E-state index in [2.05, 4.69) is 4.98 Å². The number of nitrogens with two attached hydrogens (primary N) is 1. The molecule has 0 spiro atoms. The van der Waals surface area contributed by atoms with Gasteiger partial charge in [0.15, 0.2) is 6.80 Å². The molecule has 4 nitrogen and oxygen atoms in total. The van der Waals surface area contributed by atoms with E-state index in [-0.39, 0.29) is 5.82 Å². The SMILES string of the molecule is Nc1ccn(CF)c(=O)n1. The number of anilines is 1. The number of aromatic nitrogens is 2. The number of nitrogen functional groups attached to an aromatic ring is 1. The molecule has 0 aliphatic heterocycles. The lowest BCUT2D eigenvalue weighted by atomic mass is 10.6. The smallest absolute Gasteiger partial charge is 0.351 e. The standard InChI is InChI=1S/C5H6FN3O/c6-3-9-2-1-4(7)8-5(9)10/h1-2H,3H2,(H2,7,8,10). The first kappa shape index (κ1) is 6.73. The van der Waals surface area contributed by atoms with Gasteiger partial charge < -0.3 is 5.73 Å². The molecule has 0 atom stereocenters. The van der Waals surface area contributed by atoms with Crippen molar-refractivity contribution in [3.8, 4) is 0 Å². The van der Waals surface area contributed by atoms with Gasteiger partial charge in [0.2, 0.25) is 0 Å². The fraction of sp³-hybridized carbons (Fsp3) is 0.200. The van der Waals surface area contributed by atoms with Crippen LogP contribution in [-0.2, 0) is 6.80 Å². The van der Waals surface area contributed by atoms with Gasteiger partial charge in [-0.15, -0.1) is 0 Å². The number of hydrogen-bond donors (Lipinski definition) is 1. The molecule has 0 aliphatic carbocycles. The topological polar surface area (TPSA) is 60.9 Å². The molecular weight excluding hydrogens is 137 g/mol. The Morgan fingerprint density at radius 1 is 1.80 bits per heavy atom. The van der Waals surface area contributed by atoms with Gasteiger partial charge in [-0.1, -0.05) is 0 Å². The molecule has 0 bridgehead atoms. The lowest BCUT2D eigenvalue weighted by molar-refractivity contribution is 0.365. The van der Waals surface area contributed by atoms with E-state index in [1.165, 1.54) is 12.3 Å². The van der Waals surface area contributed by atoms with Crippen LogP contribution in [0.5, 0.6) is 0 Å². The Balaban J connectivity index is 3.20. The van der Waals surface area contributed by atoms with E-state index >= 15 is 0 Å². The van der Waals surface area contributed by atoms with Gasteiger partial charge >= 0.3 is 5.69 Å². The van der Waals surface area contributed by atoms with Gasteiger partial charge in [0.05, 0.1) is 0 Å². The predicted octanol–water partition coefficient (Wildman–Crippen LogP) is -0.248. The molecule has 0 unspecified atom stereocenters. The molecule has 1 heterocycles. The first-order valence-electron chi connectivity index (χ1n) is 2.63. The van der Waals surface area contributed by atoms with Crippen LogP contribution in [-0.4, -0.2) is 9.55 Å². The fourth-order valence-corrected chi connectivity index (χ4v) is 0.533. The molecular formula is C5H6FN3O. The first-order valence-corrected chi connectivity index (χ1v) is 2.63. The number of alkyl halides is 1. The second-order valence-electron chi connectivity index (χ2n) is 1.72. The molecule has 0 fully saturated rings. The van der Waals surface area contributed by atoms with Crippen molar-refractivity contribution in [3.05, 3.63) is 22.7 Å². The van der Waals surface area contributed by atoms with Gasteiger partial charge in [-0.05, 0) is 6.07 Å². The zero-order chi connectivity index (χ0) is 7.56. The van der Waals surface area contributed by atoms with Crippen LogP contribution in [0.3, 0.4) is 0 Å². The quantitative estimate of drug-likeness (QED) is 0.589. The molecule has 1 aromatic heterocycles. The van der Waals surface area contributed by atoms with Crippen LogP contribution >= 0.6 is 0 Å². The highest BCUT2D eigenvalue weighted by molar-refractivity contribution is 5.23. The van der Waals surface area contributed by atoms with Crippen LogP contribution in [0.25, 0.3) is 0 Å². The van der Waals surface area contributed by atoms with Gasteiger partial charge in [-0.3, -0.25) is 4.57 Å². The first-order chi connectivity index (χ1) is 4.74. The summed E-state index contributed by atoms with van der Waals surface area (Å²) in [7, 11) is 0. The number of nitrogens with zero attached hydrogens (tertiary/aromatic N) is 2. The van der Waals surface area contributed by atoms with E-state index < -0.39 is 12.5 Å². The van der Waals surface area contributed by atoms with Crippen molar-refractivity contribution >= 4 is 5.82 Å². The van der Waals surface area contributed by atoms with E-state index in [1.54, 1.807) is 0 Å². The maximum atomic E-state index is 11.8. The molecule has 0 radical (unpaired) electrons. The van der Waals surface area contributed by atoms with E-state index in [0.29, 0.717) is 0 Å². The molecule has 0 aliphatic rings. The third kappa shape index (κ3) is 1.12. The predicted molar refractivity (Wildman–Crippen MR) is 34.0 cm³/mol. The Bertz CT molecular complexity index is 282. The summed E-state index contributed by atoms with van der Waals surface area (Å²) in [6.45, 7) is -0.869. The molecule has 1 rings (SSSR count). The Hall–Kier alpha value is -1.39. The normalized spacial score (nSPS) is 9.70. The lowest BCUT2D eigenvalue weighted by Gasteiger charge is -1.95. The third-order valence-electron chi connectivity index (χ3n) is 1.02. The van der Waals surface area contributed by atoms with Gasteiger partial charge in [0.1, 0.15) is 5.82 Å². The average Bonchev–Trinajstić information content (AvgIpc) is 1.88. The van der Waals surface area contributed by atoms with E-state index in [1.807, 2.05) is 0 Å². The van der Waals surface area contributed by atoms with E-state index in [4.69, 9.17) is 5.73 Å². The Morgan fingerprint density at radius 2 is 2.50 bits per heavy atom. The summed E-state index contributed by atoms with van der Waals surface area (Å²) in [6.07, 6.45) is 1.25. The zero-order valence-electron chi connectivity index (χ0n) is 5.12. The van der Waals surface area contributed by atoms with Crippen LogP contribution in [0.4, 0.5) is 10.2 Å². The maximum Gasteiger partial charge on any atom is 0.351 e. The molecule has 0 amide bonds. The summed E-state index contributed by atoms with van der Waals surface area (Å²) in [5.74, 6) is 0.106. The molecule has 2 N–H and O–H groups in total. The van der Waals surface area contributed by atoms with Crippen LogP contribution in [0.15, 0.2) is 17.1 Å². The van der Waals surface area contributed by atoms with Crippen molar-refractivity contribution in [3.63, 3.8) is 0 Å². The molecule has 1 aromatic rings. The summed E-state index contributed by atoms with van der Waals surface area (Å²) in [4.78, 5) is 13.9. The molecule has 54 valence electrons. The second-order valence-corrected chi connectivity index (χ2v) is 1.72. The van der Waals surface area contributed by atoms with Crippen LogP contribution in [0.2, 0.25) is 0 Å². The Kier molecular flexibility index (Phi) is 1.66. The minimum absolute atomic E-state index is 0.106. The van der Waals surface area contributed by atoms with Gasteiger partial charge in [-0.2, -0.15) is 4.98 Å². The van der Waals surface area contributed by atoms with Crippen molar-refractivity contribution in [2.24, 2.45) is 0 Å². The van der Waals surface area contributed by atoms with Gasteiger partial charge in [0, 0.05) is 6.20 Å². The number of halogens is 1. The summed E-state index contributed by atoms with van der Waals surface area (Å²) >= 11 is 0. The van der Waals surface area contributed by atoms with Crippen molar-refractivity contribution < 1.29 is 4.39 Å². The highest BCUT2D eigenvalue weighted by Crippen LogP contribution is 1.88. The minimum Gasteiger partial charge on any atom is -0.383 e. The molecule has 5 heteroatoms. The van der Waals surface area contributed by atoms with Crippen LogP contribution < -0.4 is 11.4 Å². The van der Waals surface area contributed by atoms with Crippen molar-refractivity contribution in [2.75, 3.05) is 5.73 Å². The highest BCUT2D eigenvalue weighted by Gasteiger charge is 1.93. The number of rotatable bonds is 1. The van der Waals surface area contributed by atoms with Gasteiger partial charge in [0.25, 0.3) is 0 Å². The van der Waals surface area contributed by atoms with E-state index in [9.17, 15) is 9.18 Å². The molecule has 10 heavy (non-hydrogen) atoms. The van der Waals surface area contributed by atoms with Crippen molar-refractivity contribution in [1.29, 1.82) is 0 Å². The summed E-state index contributed by atoms with van der Waals surface area (Å²) in [6, 6.07) is 1.36. The molecule has 0 saturated carbocycles. The largest absolute Gasteiger partial charge is 0.383 e. The third-order valence-corrected chi connectivity index (χ3v) is 1.02. The van der Waals surface area contributed by atoms with E-state index in [0.717, 1.165) is 4.57 Å². The molecule has 0 aromatic carbocycles. The second kappa shape index (κ2) is 2.47. The minimum atomic E-state index is -0.869. The highest BCUT2D eigenvalue weighted by atomic mass is 19.1. The fourth-order valence-electron chi connectivity index (χ4n) is 0.533. The monoisotopic (exact) mass is 143 g/mol. The molecule has 0 saturated heterocycles. The van der Waals surface area contributed by atoms with Gasteiger partial charge in [-0.25, -0.2) is 9.18 Å². The van der Waals surface area contributed by atoms with Crippen LogP contribution in [0, 0.1) is 0 Å². The lowest BCUT2D eigenvalue weighted by Crippen LogP contribution is -2.21. The zero-order valence-corrected chi connectivity index (χ0v) is 5.12. The summed E-state index contributed by atoms with van der Waals surface area (Å²) in [5.41, 5.74) is 4.47. The Labute approximate surface area is 56.1 Å². The summed E-state index contributed by atoms with van der Waals surface area (Å²) < 4.78 is 12.6. The average molecular weight is 143 g/mol. The van der Waals surface area contributed by atoms with Crippen molar-refractivity contribution in [1.82, 2.24) is 9.55 Å². The number of hydrogen-bond acceptors (Lipinski definition) is 3. The maximum absolute atomic E-state index is 11.8. The Morgan fingerprint density at radius 3 is 3.00 bits per heavy atom.